The maximum atomic E-state index is 13.1. The van der Waals surface area contributed by atoms with Gasteiger partial charge in [0.1, 0.15) is 5.75 Å². The molecule has 1 amide bonds. The minimum absolute atomic E-state index is 0.102. The fraction of sp³-hybridized carbons (Fsp3) is 0.136. The molecule has 0 spiro atoms. The Morgan fingerprint density at radius 3 is 2.39 bits per heavy atom. The average Bonchev–Trinajstić information content (AvgIpc) is 3.25. The number of carbonyl (C=O) groups is 1. The molecular formula is C22H17ClF3N7O4S. The first-order valence-electron chi connectivity index (χ1n) is 10.6. The van der Waals surface area contributed by atoms with E-state index in [-0.39, 0.29) is 27.6 Å². The number of carbonyl (C=O) groups excluding carboxylic acids is 1. The number of amides is 1. The van der Waals surface area contributed by atoms with Crippen LogP contribution in [0.4, 0.5) is 19.1 Å². The molecule has 3 N–H and O–H groups in total. The number of nitrogens with two attached hydrogens (primary N) is 1. The second-order valence-corrected chi connectivity index (χ2v) is 10.1. The number of hydrogen-bond donors (Lipinski definition) is 2. The zero-order valence-electron chi connectivity index (χ0n) is 19.2. The molecule has 0 saturated carbocycles. The molecule has 11 nitrogen and oxygen atoms in total. The second kappa shape index (κ2) is 10.3. The monoisotopic (exact) mass is 567 g/mol. The lowest BCUT2D eigenvalue weighted by molar-refractivity contribution is -0.274. The van der Waals surface area contributed by atoms with Crippen molar-refractivity contribution in [2.24, 2.45) is 0 Å². The van der Waals surface area contributed by atoms with Crippen molar-refractivity contribution in [3.05, 3.63) is 77.3 Å². The number of nitrogens with one attached hydrogen (secondary N) is 1. The van der Waals surface area contributed by atoms with Crippen LogP contribution in [-0.4, -0.2) is 45.4 Å². The van der Waals surface area contributed by atoms with Gasteiger partial charge in [-0.1, -0.05) is 11.6 Å². The normalized spacial score (nSPS) is 12.7. The Hall–Kier alpha value is -4.24. The quantitative estimate of drug-likeness (QED) is 0.341. The summed E-state index contributed by atoms with van der Waals surface area (Å²) in [7, 11) is -4.36. The van der Waals surface area contributed by atoms with Crippen LogP contribution in [-0.2, 0) is 9.84 Å². The summed E-state index contributed by atoms with van der Waals surface area (Å²) in [5.74, 6) is -1.77. The van der Waals surface area contributed by atoms with Gasteiger partial charge in [-0.25, -0.2) is 18.4 Å². The molecule has 2 aromatic carbocycles. The second-order valence-electron chi connectivity index (χ2n) is 7.68. The molecule has 4 rings (SSSR count). The number of nitrogen functional groups attached to an aromatic ring is 1. The number of benzene rings is 2. The minimum Gasteiger partial charge on any atom is -0.406 e. The van der Waals surface area contributed by atoms with Gasteiger partial charge in [-0.15, -0.1) is 18.3 Å². The first-order valence-corrected chi connectivity index (χ1v) is 12.4. The van der Waals surface area contributed by atoms with Gasteiger partial charge in [0.15, 0.2) is 5.82 Å². The van der Waals surface area contributed by atoms with E-state index in [1.807, 2.05) is 0 Å². The molecule has 0 unspecified atom stereocenters. The molecule has 38 heavy (non-hydrogen) atoms. The molecule has 0 bridgehead atoms. The SMILES string of the molecule is C[C@H](NC(=O)c1cc(OC(F)(F)F)cc(S(=O)(=O)c2ccc(Cl)cc2)c1)c1nc(N)nn1-c1ncccn1. The van der Waals surface area contributed by atoms with E-state index in [4.69, 9.17) is 17.3 Å². The van der Waals surface area contributed by atoms with E-state index in [1.165, 1.54) is 48.3 Å². The lowest BCUT2D eigenvalue weighted by Crippen LogP contribution is -2.29. The predicted molar refractivity (Wildman–Crippen MR) is 127 cm³/mol. The average molecular weight is 568 g/mol. The van der Waals surface area contributed by atoms with Gasteiger partial charge in [-0.05, 0) is 55.5 Å². The van der Waals surface area contributed by atoms with Crippen molar-refractivity contribution in [3.8, 4) is 11.7 Å². The maximum absolute atomic E-state index is 13.1. The fourth-order valence-electron chi connectivity index (χ4n) is 3.31. The standard InChI is InChI=1S/C22H17ClF3N7O4S/c1-12(18-31-20(27)32-33(18)21-28-7-2-8-29-21)30-19(34)13-9-15(37-22(24,25)26)11-17(10-13)38(35,36)16-5-3-14(23)4-6-16/h2-12H,1H3,(H2,27,32)(H,30,34)/t12-/m0/s1. The number of rotatable bonds is 7. The van der Waals surface area contributed by atoms with Gasteiger partial charge in [0.05, 0.1) is 15.8 Å². The number of nitrogens with zero attached hydrogens (tertiary/aromatic N) is 5. The van der Waals surface area contributed by atoms with Gasteiger partial charge in [0, 0.05) is 23.0 Å². The van der Waals surface area contributed by atoms with Crippen molar-refractivity contribution in [1.82, 2.24) is 30.0 Å². The summed E-state index contributed by atoms with van der Waals surface area (Å²) in [6.07, 6.45) is -2.25. The van der Waals surface area contributed by atoms with Crippen molar-refractivity contribution in [2.45, 2.75) is 29.1 Å². The van der Waals surface area contributed by atoms with Gasteiger partial charge in [0.2, 0.25) is 15.8 Å². The summed E-state index contributed by atoms with van der Waals surface area (Å²) in [6.45, 7) is 1.50. The number of alkyl halides is 3. The number of aromatic nitrogens is 5. The lowest BCUT2D eigenvalue weighted by Gasteiger charge is -2.16. The first kappa shape index (κ1) is 26.8. The van der Waals surface area contributed by atoms with Crippen LogP contribution in [0.25, 0.3) is 5.95 Å². The predicted octanol–water partition coefficient (Wildman–Crippen LogP) is 3.52. The molecule has 4 aromatic rings. The van der Waals surface area contributed by atoms with E-state index in [9.17, 15) is 26.4 Å². The van der Waals surface area contributed by atoms with Crippen LogP contribution in [0.2, 0.25) is 5.02 Å². The van der Waals surface area contributed by atoms with E-state index in [0.29, 0.717) is 6.07 Å². The van der Waals surface area contributed by atoms with Crippen molar-refractivity contribution in [3.63, 3.8) is 0 Å². The van der Waals surface area contributed by atoms with Crippen molar-refractivity contribution < 1.29 is 31.1 Å². The molecule has 0 radical (unpaired) electrons. The molecule has 0 fully saturated rings. The summed E-state index contributed by atoms with van der Waals surface area (Å²) in [5, 5.41) is 6.78. The topological polar surface area (TPSA) is 155 Å². The Morgan fingerprint density at radius 1 is 1.11 bits per heavy atom. The van der Waals surface area contributed by atoms with E-state index < -0.39 is 44.4 Å². The molecule has 0 aliphatic heterocycles. The van der Waals surface area contributed by atoms with Crippen LogP contribution in [0.1, 0.15) is 29.1 Å². The Labute approximate surface area is 218 Å². The Balaban J connectivity index is 1.70. The molecule has 1 atom stereocenters. The van der Waals surface area contributed by atoms with Crippen LogP contribution in [0.5, 0.6) is 5.75 Å². The number of hydrogen-bond acceptors (Lipinski definition) is 9. The van der Waals surface area contributed by atoms with E-state index in [0.717, 1.165) is 12.1 Å². The van der Waals surface area contributed by atoms with Gasteiger partial charge in [-0.2, -0.15) is 9.67 Å². The molecule has 16 heteroatoms. The maximum Gasteiger partial charge on any atom is 0.573 e. The molecule has 0 aliphatic rings. The highest BCUT2D eigenvalue weighted by atomic mass is 35.5. The number of sulfone groups is 1. The first-order chi connectivity index (χ1) is 17.8. The van der Waals surface area contributed by atoms with Gasteiger partial charge in [-0.3, -0.25) is 4.79 Å². The summed E-state index contributed by atoms with van der Waals surface area (Å²) < 4.78 is 70.3. The highest BCUT2D eigenvalue weighted by Gasteiger charge is 2.33. The van der Waals surface area contributed by atoms with Crippen LogP contribution in [0.3, 0.4) is 0 Å². The number of halogens is 4. The fourth-order valence-corrected chi connectivity index (χ4v) is 4.76. The molecule has 2 heterocycles. The van der Waals surface area contributed by atoms with Crippen LogP contribution in [0.15, 0.2) is 70.7 Å². The number of anilines is 1. The molecule has 0 saturated heterocycles. The lowest BCUT2D eigenvalue weighted by atomic mass is 10.2. The molecule has 2 aromatic heterocycles. The Kier molecular flexibility index (Phi) is 7.24. The summed E-state index contributed by atoms with van der Waals surface area (Å²) >= 11 is 5.80. The zero-order valence-corrected chi connectivity index (χ0v) is 20.8. The summed E-state index contributed by atoms with van der Waals surface area (Å²) in [5.41, 5.74) is 5.27. The van der Waals surface area contributed by atoms with Crippen molar-refractivity contribution in [2.75, 3.05) is 5.73 Å². The zero-order chi connectivity index (χ0) is 27.7. The smallest absolute Gasteiger partial charge is 0.406 e. The highest BCUT2D eigenvalue weighted by Crippen LogP contribution is 2.30. The molecule has 198 valence electrons. The molecular weight excluding hydrogens is 551 g/mol. The Morgan fingerprint density at radius 2 is 1.76 bits per heavy atom. The van der Waals surface area contributed by atoms with Gasteiger partial charge in [0.25, 0.3) is 11.9 Å². The van der Waals surface area contributed by atoms with E-state index >= 15 is 0 Å². The largest absolute Gasteiger partial charge is 0.573 e. The van der Waals surface area contributed by atoms with E-state index in [1.54, 1.807) is 6.07 Å². The van der Waals surface area contributed by atoms with Crippen molar-refractivity contribution in [1.29, 1.82) is 0 Å². The van der Waals surface area contributed by atoms with Gasteiger partial charge >= 0.3 is 6.36 Å². The summed E-state index contributed by atoms with van der Waals surface area (Å²) in [6, 6.07) is 7.97. The third-order valence-corrected chi connectivity index (χ3v) is 6.94. The van der Waals surface area contributed by atoms with Gasteiger partial charge < -0.3 is 15.8 Å². The minimum atomic E-state index is -5.15. The van der Waals surface area contributed by atoms with Crippen LogP contribution < -0.4 is 15.8 Å². The van der Waals surface area contributed by atoms with E-state index in [2.05, 4.69) is 30.1 Å². The third-order valence-electron chi connectivity index (χ3n) is 4.94. The molecule has 0 aliphatic carbocycles. The van der Waals surface area contributed by atoms with Crippen molar-refractivity contribution >= 4 is 33.3 Å². The number of ether oxygens (including phenoxy) is 1. The van der Waals surface area contributed by atoms with Crippen LogP contribution in [0, 0.1) is 0 Å². The Bertz CT molecular complexity index is 1580. The van der Waals surface area contributed by atoms with Crippen LogP contribution >= 0.6 is 11.6 Å². The highest BCUT2D eigenvalue weighted by molar-refractivity contribution is 7.91. The summed E-state index contributed by atoms with van der Waals surface area (Å²) in [4.78, 5) is 24.4. The third kappa shape index (κ3) is 6.00.